The third kappa shape index (κ3) is 4.14. The number of ether oxygens (including phenoxy) is 2. The molecule has 27 heavy (non-hydrogen) atoms. The number of hydrogen-bond donors (Lipinski definition) is 0. The first-order valence-corrected chi connectivity index (χ1v) is 10.5. The van der Waals surface area contributed by atoms with Gasteiger partial charge in [-0.15, -0.1) is 0 Å². The summed E-state index contributed by atoms with van der Waals surface area (Å²) in [4.78, 5) is 17.4. The summed E-state index contributed by atoms with van der Waals surface area (Å²) in [7, 11) is 1.70. The molecule has 1 amide bonds. The first-order valence-electron chi connectivity index (χ1n) is 10.5. The molecule has 0 radical (unpaired) electrons. The zero-order valence-electron chi connectivity index (χ0n) is 16.6. The molecule has 5 nitrogen and oxygen atoms in total. The minimum absolute atomic E-state index is 0.203. The van der Waals surface area contributed by atoms with Crippen molar-refractivity contribution in [1.29, 1.82) is 0 Å². The van der Waals surface area contributed by atoms with Crippen LogP contribution in [-0.2, 0) is 16.1 Å². The molecule has 0 saturated carbocycles. The van der Waals surface area contributed by atoms with Gasteiger partial charge in [-0.2, -0.15) is 0 Å². The van der Waals surface area contributed by atoms with Crippen molar-refractivity contribution >= 4 is 5.91 Å². The summed E-state index contributed by atoms with van der Waals surface area (Å²) in [6, 6.07) is 8.76. The Kier molecular flexibility index (Phi) is 5.69. The number of rotatable bonds is 4. The van der Waals surface area contributed by atoms with Gasteiger partial charge in [0.2, 0.25) is 0 Å². The standard InChI is InChI=1S/C22H32N2O3/c1-16-9-12-23(13-10-16)22(25)21-8-7-19-20(27-21)11-14-24(19)15-17-3-5-18(26-2)6-4-17/h3-6,16,19-21H,7-15H2,1-2H3/t19-,20-,21-/m0/s1. The monoisotopic (exact) mass is 372 g/mol. The SMILES string of the molecule is COc1ccc(CN2CC[C@@H]3O[C@H](C(=O)N4CCC(C)CC4)CC[C@@H]32)cc1. The van der Waals surface area contributed by atoms with Gasteiger partial charge in [0, 0.05) is 32.2 Å². The van der Waals surface area contributed by atoms with Crippen molar-refractivity contribution in [3.63, 3.8) is 0 Å². The Bertz CT molecular complexity index is 639. The highest BCUT2D eigenvalue weighted by Gasteiger charge is 2.42. The molecule has 148 valence electrons. The minimum Gasteiger partial charge on any atom is -0.497 e. The normalized spacial score (nSPS) is 29.6. The molecule has 4 rings (SSSR count). The molecule has 3 aliphatic rings. The largest absolute Gasteiger partial charge is 0.497 e. The maximum atomic E-state index is 12.9. The summed E-state index contributed by atoms with van der Waals surface area (Å²) in [6.07, 6.45) is 5.17. The highest BCUT2D eigenvalue weighted by atomic mass is 16.5. The Morgan fingerprint density at radius 1 is 1.07 bits per heavy atom. The lowest BCUT2D eigenvalue weighted by atomic mass is 9.96. The molecule has 3 aliphatic heterocycles. The number of likely N-dealkylation sites (tertiary alicyclic amines) is 2. The number of nitrogens with zero attached hydrogens (tertiary/aromatic N) is 2. The summed E-state index contributed by atoms with van der Waals surface area (Å²) in [5.74, 6) is 1.87. The van der Waals surface area contributed by atoms with Gasteiger partial charge < -0.3 is 14.4 Å². The highest BCUT2D eigenvalue weighted by Crippen LogP contribution is 2.33. The molecule has 0 unspecified atom stereocenters. The number of hydrogen-bond acceptors (Lipinski definition) is 4. The number of fused-ring (bicyclic) bond motifs is 1. The third-order valence-corrected chi connectivity index (χ3v) is 6.58. The van der Waals surface area contributed by atoms with E-state index >= 15 is 0 Å². The van der Waals surface area contributed by atoms with Crippen LogP contribution in [0.5, 0.6) is 5.75 Å². The van der Waals surface area contributed by atoms with E-state index in [1.165, 1.54) is 5.56 Å². The Morgan fingerprint density at radius 3 is 2.52 bits per heavy atom. The predicted octanol–water partition coefficient (Wildman–Crippen LogP) is 3.08. The van der Waals surface area contributed by atoms with Gasteiger partial charge in [0.1, 0.15) is 11.9 Å². The van der Waals surface area contributed by atoms with E-state index in [-0.39, 0.29) is 18.1 Å². The van der Waals surface area contributed by atoms with Crippen LogP contribution in [0.15, 0.2) is 24.3 Å². The molecule has 0 aliphatic carbocycles. The van der Waals surface area contributed by atoms with Crippen molar-refractivity contribution in [1.82, 2.24) is 9.80 Å². The molecule has 1 aromatic carbocycles. The average molecular weight is 373 g/mol. The Hall–Kier alpha value is -1.59. The second-order valence-corrected chi connectivity index (χ2v) is 8.42. The zero-order chi connectivity index (χ0) is 18.8. The van der Waals surface area contributed by atoms with Crippen LogP contribution in [0, 0.1) is 5.92 Å². The van der Waals surface area contributed by atoms with Gasteiger partial charge in [0.05, 0.1) is 13.2 Å². The van der Waals surface area contributed by atoms with E-state index in [2.05, 4.69) is 24.0 Å². The third-order valence-electron chi connectivity index (χ3n) is 6.58. The fourth-order valence-corrected chi connectivity index (χ4v) is 4.79. The van der Waals surface area contributed by atoms with E-state index in [4.69, 9.17) is 9.47 Å². The van der Waals surface area contributed by atoms with Crippen molar-refractivity contribution < 1.29 is 14.3 Å². The number of piperidine rings is 1. The van der Waals surface area contributed by atoms with Gasteiger partial charge >= 0.3 is 0 Å². The van der Waals surface area contributed by atoms with Crippen LogP contribution in [0.1, 0.15) is 44.6 Å². The fourth-order valence-electron chi connectivity index (χ4n) is 4.79. The summed E-state index contributed by atoms with van der Waals surface area (Å²) >= 11 is 0. The molecule has 0 aromatic heterocycles. The first kappa shape index (κ1) is 18.8. The molecule has 3 atom stereocenters. The van der Waals surface area contributed by atoms with Crippen LogP contribution >= 0.6 is 0 Å². The van der Waals surface area contributed by atoms with Gasteiger partial charge in [0.15, 0.2) is 0 Å². The smallest absolute Gasteiger partial charge is 0.251 e. The summed E-state index contributed by atoms with van der Waals surface area (Å²) in [6.45, 7) is 6.06. The number of carbonyl (C=O) groups excluding carboxylic acids is 1. The van der Waals surface area contributed by atoms with Crippen LogP contribution in [0.2, 0.25) is 0 Å². The van der Waals surface area contributed by atoms with E-state index in [0.29, 0.717) is 6.04 Å². The van der Waals surface area contributed by atoms with Crippen LogP contribution < -0.4 is 4.74 Å². The Labute approximate surface area is 162 Å². The molecule has 3 saturated heterocycles. The molecule has 0 N–H and O–H groups in total. The number of benzene rings is 1. The van der Waals surface area contributed by atoms with Crippen molar-refractivity contribution in [3.8, 4) is 5.75 Å². The molecular formula is C22H32N2O3. The van der Waals surface area contributed by atoms with Crippen molar-refractivity contribution in [3.05, 3.63) is 29.8 Å². The van der Waals surface area contributed by atoms with Gasteiger partial charge in [0.25, 0.3) is 5.91 Å². The fraction of sp³-hybridized carbons (Fsp3) is 0.682. The van der Waals surface area contributed by atoms with E-state index in [1.807, 2.05) is 17.0 Å². The van der Waals surface area contributed by atoms with Crippen LogP contribution in [0.25, 0.3) is 0 Å². The lowest BCUT2D eigenvalue weighted by Crippen LogP contribution is -2.50. The molecular weight excluding hydrogens is 340 g/mol. The van der Waals surface area contributed by atoms with Gasteiger partial charge in [-0.25, -0.2) is 0 Å². The molecule has 3 fully saturated rings. The first-order chi connectivity index (χ1) is 13.1. The number of carbonyl (C=O) groups is 1. The van der Waals surface area contributed by atoms with Gasteiger partial charge in [-0.05, 0) is 55.7 Å². The summed E-state index contributed by atoms with van der Waals surface area (Å²) < 4.78 is 11.5. The Morgan fingerprint density at radius 2 is 1.81 bits per heavy atom. The number of methoxy groups -OCH3 is 1. The number of amides is 1. The second kappa shape index (κ2) is 8.19. The molecule has 0 spiro atoms. The maximum absolute atomic E-state index is 12.9. The molecule has 1 aromatic rings. The molecule has 0 bridgehead atoms. The van der Waals surface area contributed by atoms with E-state index < -0.39 is 0 Å². The van der Waals surface area contributed by atoms with Crippen molar-refractivity contribution in [2.24, 2.45) is 5.92 Å². The lowest BCUT2D eigenvalue weighted by Gasteiger charge is -2.38. The zero-order valence-corrected chi connectivity index (χ0v) is 16.6. The van der Waals surface area contributed by atoms with Gasteiger partial charge in [-0.1, -0.05) is 19.1 Å². The van der Waals surface area contributed by atoms with E-state index in [0.717, 1.165) is 70.0 Å². The maximum Gasteiger partial charge on any atom is 0.251 e. The van der Waals surface area contributed by atoms with Crippen LogP contribution in [-0.4, -0.2) is 60.7 Å². The van der Waals surface area contributed by atoms with Crippen molar-refractivity contribution in [2.45, 2.75) is 63.8 Å². The van der Waals surface area contributed by atoms with Gasteiger partial charge in [-0.3, -0.25) is 9.69 Å². The topological polar surface area (TPSA) is 42.0 Å². The van der Waals surface area contributed by atoms with E-state index in [1.54, 1.807) is 7.11 Å². The molecule has 3 heterocycles. The highest BCUT2D eigenvalue weighted by molar-refractivity contribution is 5.81. The lowest BCUT2D eigenvalue weighted by molar-refractivity contribution is -0.155. The quantitative estimate of drug-likeness (QED) is 0.815. The summed E-state index contributed by atoms with van der Waals surface area (Å²) in [5.41, 5.74) is 1.30. The Balaban J connectivity index is 1.32. The predicted molar refractivity (Wildman–Crippen MR) is 105 cm³/mol. The minimum atomic E-state index is -0.222. The van der Waals surface area contributed by atoms with Crippen LogP contribution in [0.4, 0.5) is 0 Å². The van der Waals surface area contributed by atoms with Crippen LogP contribution in [0.3, 0.4) is 0 Å². The van der Waals surface area contributed by atoms with E-state index in [9.17, 15) is 4.79 Å². The average Bonchev–Trinajstić information content (AvgIpc) is 3.10. The second-order valence-electron chi connectivity index (χ2n) is 8.42. The van der Waals surface area contributed by atoms with Crippen molar-refractivity contribution in [2.75, 3.05) is 26.7 Å². The molecule has 5 heteroatoms. The summed E-state index contributed by atoms with van der Waals surface area (Å²) in [5, 5.41) is 0.